The van der Waals surface area contributed by atoms with Crippen LogP contribution in [0.3, 0.4) is 0 Å². The van der Waals surface area contributed by atoms with Crippen LogP contribution in [0.25, 0.3) is 22.6 Å². The summed E-state index contributed by atoms with van der Waals surface area (Å²) in [6.07, 6.45) is 15.7. The number of rotatable bonds is 0. The summed E-state index contributed by atoms with van der Waals surface area (Å²) in [6, 6.07) is 0.149. The molecule has 0 fully saturated rings. The topological polar surface area (TPSA) is 56.9 Å². The van der Waals surface area contributed by atoms with Gasteiger partial charge in [-0.25, -0.2) is 0 Å². The summed E-state index contributed by atoms with van der Waals surface area (Å²) in [4.78, 5) is 16.2. The minimum Gasteiger partial charge on any atom is -0.372 e. The lowest BCUT2D eigenvalue weighted by molar-refractivity contribution is 0.0965. The first kappa shape index (κ1) is 12.4. The quantitative estimate of drug-likeness (QED) is 0.688. The molecule has 1 aromatic carbocycles. The highest BCUT2D eigenvalue weighted by atomic mass is 16.1. The van der Waals surface area contributed by atoms with Gasteiger partial charge in [-0.3, -0.25) is 4.79 Å². The predicted octanol–water partition coefficient (Wildman–Crippen LogP) is 1.37. The summed E-state index contributed by atoms with van der Waals surface area (Å²) in [5.41, 5.74) is 6.70. The van der Waals surface area contributed by atoms with Gasteiger partial charge in [-0.2, -0.15) is 0 Å². The first-order chi connectivity index (χ1) is 11.8. The smallest absolute Gasteiger partial charge is 0.252 e. The van der Waals surface area contributed by atoms with E-state index in [4.69, 9.17) is 0 Å². The number of hydrogen-bond donors (Lipinski definition) is 3. The summed E-state index contributed by atoms with van der Waals surface area (Å²) >= 11 is 0. The fourth-order valence-electron chi connectivity index (χ4n) is 4.49. The van der Waals surface area contributed by atoms with Crippen LogP contribution in [0.4, 0.5) is 5.69 Å². The maximum absolute atomic E-state index is 12.6. The molecule has 4 aliphatic rings. The van der Waals surface area contributed by atoms with E-state index in [2.05, 4.69) is 52.1 Å². The summed E-state index contributed by atoms with van der Waals surface area (Å²) in [5, 5.41) is 10.1. The lowest BCUT2D eigenvalue weighted by atomic mass is 9.94. The number of carbonyl (C=O) groups excluding carboxylic acids is 1. The van der Waals surface area contributed by atoms with E-state index < -0.39 is 0 Å². The Balaban J connectivity index is 1.87. The van der Waals surface area contributed by atoms with Crippen molar-refractivity contribution in [3.05, 3.63) is 63.7 Å². The minimum absolute atomic E-state index is 0.0475. The largest absolute Gasteiger partial charge is 0.372 e. The Hall–Kier alpha value is -3.01. The Morgan fingerprint density at radius 2 is 2.08 bits per heavy atom. The number of amides is 1. The molecular weight excluding hydrogens is 298 g/mol. The monoisotopic (exact) mass is 313 g/mol. The molecule has 6 rings (SSSR count). The fraction of sp³-hybridized carbons (Fsp3) is 0.150. The minimum atomic E-state index is 0.0475. The molecular formula is C20H15N3O. The Morgan fingerprint density at radius 1 is 1.12 bits per heavy atom. The number of fused-ring (bicyclic) bond motifs is 9. The Bertz CT molecular complexity index is 1170. The molecule has 0 radical (unpaired) electrons. The van der Waals surface area contributed by atoms with E-state index in [0.29, 0.717) is 6.54 Å². The Labute approximate surface area is 137 Å². The van der Waals surface area contributed by atoms with Crippen molar-refractivity contribution in [1.29, 1.82) is 0 Å². The molecule has 1 atom stereocenters. The third-order valence-electron chi connectivity index (χ3n) is 5.48. The molecule has 0 bridgehead atoms. The number of nitrogens with one attached hydrogen (secondary N) is 3. The van der Waals surface area contributed by atoms with Crippen LogP contribution in [-0.2, 0) is 13.0 Å². The van der Waals surface area contributed by atoms with Crippen molar-refractivity contribution in [3.63, 3.8) is 0 Å². The molecule has 2 aliphatic carbocycles. The number of H-pyrrole nitrogens is 1. The van der Waals surface area contributed by atoms with Crippen LogP contribution >= 0.6 is 0 Å². The van der Waals surface area contributed by atoms with Crippen LogP contribution in [0.15, 0.2) is 36.5 Å². The zero-order valence-electron chi connectivity index (χ0n) is 12.9. The molecule has 1 amide bonds. The molecule has 3 heterocycles. The summed E-state index contributed by atoms with van der Waals surface area (Å²) in [7, 11) is 0. The highest BCUT2D eigenvalue weighted by Crippen LogP contribution is 2.35. The van der Waals surface area contributed by atoms with E-state index in [1.165, 1.54) is 16.5 Å². The number of allylic oxidation sites excluding steroid dienone is 4. The normalized spacial score (nSPS) is 21.9. The zero-order chi connectivity index (χ0) is 15.8. The van der Waals surface area contributed by atoms with E-state index >= 15 is 0 Å². The van der Waals surface area contributed by atoms with E-state index in [1.54, 1.807) is 0 Å². The summed E-state index contributed by atoms with van der Waals surface area (Å²) < 4.78 is 0. The lowest BCUT2D eigenvalue weighted by Crippen LogP contribution is -2.21. The lowest BCUT2D eigenvalue weighted by Gasteiger charge is -2.12. The van der Waals surface area contributed by atoms with Crippen LogP contribution in [0.2, 0.25) is 0 Å². The number of benzene rings is 1. The van der Waals surface area contributed by atoms with Crippen molar-refractivity contribution < 1.29 is 4.79 Å². The Kier molecular flexibility index (Phi) is 2.12. The van der Waals surface area contributed by atoms with Crippen LogP contribution < -0.4 is 21.2 Å². The number of hydrogen-bond acceptors (Lipinski definition) is 2. The maximum Gasteiger partial charge on any atom is 0.252 e. The van der Waals surface area contributed by atoms with Crippen LogP contribution in [0.5, 0.6) is 0 Å². The Morgan fingerprint density at radius 3 is 3.04 bits per heavy atom. The van der Waals surface area contributed by atoms with Crippen LogP contribution in [-0.4, -0.2) is 16.9 Å². The third-order valence-corrected chi connectivity index (χ3v) is 5.48. The van der Waals surface area contributed by atoms with Crippen molar-refractivity contribution in [2.45, 2.75) is 19.0 Å². The molecule has 116 valence electrons. The van der Waals surface area contributed by atoms with E-state index in [1.807, 2.05) is 6.08 Å². The average molecular weight is 313 g/mol. The van der Waals surface area contributed by atoms with Gasteiger partial charge in [0.1, 0.15) is 0 Å². The molecule has 2 aliphatic heterocycles. The van der Waals surface area contributed by atoms with Crippen molar-refractivity contribution in [2.24, 2.45) is 0 Å². The maximum atomic E-state index is 12.6. The van der Waals surface area contributed by atoms with E-state index in [-0.39, 0.29) is 11.9 Å². The first-order valence-corrected chi connectivity index (χ1v) is 8.33. The molecule has 4 heteroatoms. The van der Waals surface area contributed by atoms with Crippen LogP contribution in [0, 0.1) is 0 Å². The molecule has 24 heavy (non-hydrogen) atoms. The number of anilines is 1. The molecule has 2 aromatic rings. The second kappa shape index (κ2) is 4.09. The van der Waals surface area contributed by atoms with E-state index in [9.17, 15) is 4.79 Å². The number of carbonyl (C=O) groups is 1. The fourth-order valence-corrected chi connectivity index (χ4v) is 4.49. The second-order valence-electron chi connectivity index (χ2n) is 6.67. The van der Waals surface area contributed by atoms with Gasteiger partial charge < -0.3 is 15.6 Å². The molecule has 0 saturated carbocycles. The molecule has 0 saturated heterocycles. The summed E-state index contributed by atoms with van der Waals surface area (Å²) in [5.74, 6) is 0.0475. The van der Waals surface area contributed by atoms with Crippen molar-refractivity contribution in [2.75, 3.05) is 5.32 Å². The first-order valence-electron chi connectivity index (χ1n) is 8.33. The van der Waals surface area contributed by atoms with Gasteiger partial charge in [0.25, 0.3) is 5.91 Å². The average Bonchev–Trinajstić information content (AvgIpc) is 3.27. The van der Waals surface area contributed by atoms with Crippen molar-refractivity contribution in [1.82, 2.24) is 10.3 Å². The third kappa shape index (κ3) is 1.33. The zero-order valence-corrected chi connectivity index (χ0v) is 12.9. The second-order valence-corrected chi connectivity index (χ2v) is 6.67. The molecule has 3 N–H and O–H groups in total. The highest BCUT2D eigenvalue weighted by molar-refractivity contribution is 6.11. The van der Waals surface area contributed by atoms with Gasteiger partial charge in [-0.05, 0) is 29.2 Å². The van der Waals surface area contributed by atoms with Gasteiger partial charge in [-0.1, -0.05) is 36.5 Å². The molecule has 0 spiro atoms. The molecule has 4 nitrogen and oxygen atoms in total. The summed E-state index contributed by atoms with van der Waals surface area (Å²) in [6.45, 7) is 0.615. The molecule has 1 unspecified atom stereocenters. The standard InChI is InChI=1S/C20H15N3O/c24-20-17-12(9-21-20)15-10-5-1-3-7-13(10)22-18(15)19-16(17)11-6-2-4-8-14(11)23-19/h1-4,6-8,14,22-23H,5,9H2,(H,21,24). The number of aromatic nitrogens is 1. The molecule has 1 aromatic heterocycles. The van der Waals surface area contributed by atoms with Gasteiger partial charge in [-0.15, -0.1) is 0 Å². The van der Waals surface area contributed by atoms with Gasteiger partial charge >= 0.3 is 0 Å². The number of aromatic amines is 1. The van der Waals surface area contributed by atoms with Gasteiger partial charge in [0.2, 0.25) is 0 Å². The van der Waals surface area contributed by atoms with Gasteiger partial charge in [0.05, 0.1) is 22.8 Å². The van der Waals surface area contributed by atoms with Gasteiger partial charge in [0.15, 0.2) is 0 Å². The van der Waals surface area contributed by atoms with E-state index in [0.717, 1.165) is 39.3 Å². The van der Waals surface area contributed by atoms with Crippen molar-refractivity contribution in [3.8, 4) is 0 Å². The van der Waals surface area contributed by atoms with Crippen molar-refractivity contribution >= 4 is 34.1 Å². The SMILES string of the molecule is O=C1NCc2c1c1c(c3[nH]c4c(c23)CC=CC=4)NC2C=CC=CC=12. The highest BCUT2D eigenvalue weighted by Gasteiger charge is 2.33. The van der Waals surface area contributed by atoms with Gasteiger partial charge in [0, 0.05) is 22.5 Å². The van der Waals surface area contributed by atoms with Crippen LogP contribution in [0.1, 0.15) is 21.5 Å². The predicted molar refractivity (Wildman–Crippen MR) is 95.1 cm³/mol.